The number of aromatic amines is 1. The van der Waals surface area contributed by atoms with E-state index >= 15 is 0 Å². The van der Waals surface area contributed by atoms with Gasteiger partial charge in [0.25, 0.3) is 5.69 Å². The minimum Gasteiger partial charge on any atom is -1.00 e. The zero-order chi connectivity index (χ0) is 73.5. The van der Waals surface area contributed by atoms with Gasteiger partial charge >= 0.3 is 41.7 Å². The Morgan fingerprint density at radius 2 is 1.12 bits per heavy atom. The largest absolute Gasteiger partial charge is 1.00 e. The number of nitrogens with one attached hydrogen (secondary N) is 2. The Kier molecular flexibility index (Phi) is 51.5. The molecular weight excluding hydrogens is 1530 g/mol. The van der Waals surface area contributed by atoms with Crippen molar-refractivity contribution in [3.63, 3.8) is 0 Å². The number of halogens is 10. The lowest BCUT2D eigenvalue weighted by atomic mass is 10.2. The number of amides is 1. The van der Waals surface area contributed by atoms with Gasteiger partial charge in [-0.15, -0.1) is 0 Å². The number of nitrogens with zero attached hydrogens (tertiary/aromatic N) is 9. The van der Waals surface area contributed by atoms with Gasteiger partial charge in [-0.2, -0.15) is 13.2 Å². The third-order valence-corrected chi connectivity index (χ3v) is 11.8. The fourth-order valence-electron chi connectivity index (χ4n) is 6.80. The Balaban J connectivity index is -0.000000550. The molecule has 2 aliphatic heterocycles. The summed E-state index contributed by atoms with van der Waals surface area (Å²) in [5.74, 6) is -2.65. The molecule has 0 aliphatic carbocycles. The number of methoxy groups -OCH3 is 2. The van der Waals surface area contributed by atoms with E-state index in [0.717, 1.165) is 57.9 Å². The molecule has 8 aromatic heterocycles. The number of pyridine rings is 7. The van der Waals surface area contributed by atoms with Crippen LogP contribution in [0.2, 0.25) is 20.1 Å². The molecule has 0 bridgehead atoms. The Labute approximate surface area is 629 Å². The second kappa shape index (κ2) is 52.9. The second-order valence-electron chi connectivity index (χ2n) is 19.2. The molecule has 103 heavy (non-hydrogen) atoms. The third-order valence-electron chi connectivity index (χ3n) is 10.9. The SMILES string of the molecule is C.C.C.C.CC(C)(C)OC(=O)Nc1cc(Cl)ccn1.COC(=O)c1cc(Cl)ccn1.COC(=O)c1nc2cc(N3CCOCC3)ccn2c(=O)c1O.Nc1cc(Cl)ccn1.Nc1cc(N2CCOCC2)ccn1.O=C(O)c1cc(Cl)cc[nH+]1.O=C(O)c1ccccn1.O=CC(F)(F)F.O=S(Cl)Cl.[Cl-]. The lowest BCUT2D eigenvalue weighted by molar-refractivity contribution is -0.383. The molecule has 568 valence electrons. The number of aromatic nitrogens is 8. The zero-order valence-electron chi connectivity index (χ0n) is 52.5. The monoisotopic (exact) mass is 1610 g/mol. The molecule has 40 heteroatoms. The number of aromatic carboxylic acids is 2. The van der Waals surface area contributed by atoms with Gasteiger partial charge in [0.1, 0.15) is 40.1 Å². The van der Waals surface area contributed by atoms with Gasteiger partial charge < -0.3 is 72.7 Å². The molecule has 1 amide bonds. The molecule has 2 aliphatic rings. The average Bonchev–Trinajstić information content (AvgIpc) is 0.779. The summed E-state index contributed by atoms with van der Waals surface area (Å²) >= 11 is 22.4. The van der Waals surface area contributed by atoms with E-state index in [-0.39, 0.29) is 70.5 Å². The number of fused-ring (bicyclic) bond motifs is 1. The van der Waals surface area contributed by atoms with Crippen LogP contribution in [0.1, 0.15) is 92.4 Å². The molecular formula is C63H79Cl7F3N13O16S. The number of alkyl halides is 3. The smallest absolute Gasteiger partial charge is 0.446 e. The van der Waals surface area contributed by atoms with E-state index in [1.54, 1.807) is 93.8 Å². The van der Waals surface area contributed by atoms with Crippen molar-refractivity contribution in [1.82, 2.24) is 34.3 Å². The molecule has 0 spiro atoms. The Hall–Kier alpha value is -9.03. The van der Waals surface area contributed by atoms with Crippen LogP contribution >= 0.6 is 67.8 Å². The number of carbonyl (C=O) groups excluding carboxylic acids is 4. The number of morpholine rings is 2. The van der Waals surface area contributed by atoms with E-state index in [1.807, 2.05) is 12.1 Å². The summed E-state index contributed by atoms with van der Waals surface area (Å²) in [4.78, 5) is 105. The van der Waals surface area contributed by atoms with Crippen LogP contribution in [0.3, 0.4) is 0 Å². The van der Waals surface area contributed by atoms with Gasteiger partial charge in [0.05, 0.1) is 45.7 Å². The van der Waals surface area contributed by atoms with Crippen LogP contribution in [0.25, 0.3) is 5.65 Å². The molecule has 10 rings (SSSR count). The topological polar surface area (TPSA) is 410 Å². The number of H-pyrrole nitrogens is 1. The number of rotatable bonds is 7. The molecule has 2 fully saturated rings. The number of nitrogens with two attached hydrogens (primary N) is 2. The number of aldehydes is 1. The molecule has 0 saturated carbocycles. The summed E-state index contributed by atoms with van der Waals surface area (Å²) in [6.07, 6.45) is 4.47. The van der Waals surface area contributed by atoms with Crippen LogP contribution < -0.4 is 49.5 Å². The molecule has 0 aromatic carbocycles. The summed E-state index contributed by atoms with van der Waals surface area (Å²) in [7, 11) is 9.82. The van der Waals surface area contributed by atoms with E-state index in [4.69, 9.17) is 91.3 Å². The number of nitrogen functional groups attached to an aromatic ring is 2. The molecule has 10 heterocycles. The number of carboxylic acid groups (broad SMARTS) is 2. The Morgan fingerprint density at radius 1 is 0.650 bits per heavy atom. The van der Waals surface area contributed by atoms with Crippen LogP contribution in [0.15, 0.2) is 139 Å². The van der Waals surface area contributed by atoms with Crippen molar-refractivity contribution in [1.29, 1.82) is 0 Å². The summed E-state index contributed by atoms with van der Waals surface area (Å²) < 4.78 is 66.1. The third kappa shape index (κ3) is 42.9. The van der Waals surface area contributed by atoms with Crippen molar-refractivity contribution in [3.8, 4) is 5.75 Å². The maximum atomic E-state index is 12.1. The quantitative estimate of drug-likeness (QED) is 0.0374. The minimum atomic E-state index is -4.64. The number of carboxylic acids is 2. The van der Waals surface area contributed by atoms with Gasteiger partial charge in [-0.1, -0.05) is 82.2 Å². The molecule has 0 atom stereocenters. The summed E-state index contributed by atoms with van der Waals surface area (Å²) in [5, 5.41) is 31.0. The predicted molar refractivity (Wildman–Crippen MR) is 388 cm³/mol. The van der Waals surface area contributed by atoms with Crippen LogP contribution in [0.5, 0.6) is 5.75 Å². The van der Waals surface area contributed by atoms with Gasteiger partial charge in [0.15, 0.2) is 11.9 Å². The summed E-state index contributed by atoms with van der Waals surface area (Å²) in [5.41, 5.74) is 11.9. The molecule has 0 radical (unpaired) electrons. The van der Waals surface area contributed by atoms with Gasteiger partial charge in [-0.05, 0) is 81.4 Å². The van der Waals surface area contributed by atoms with E-state index in [0.29, 0.717) is 50.8 Å². The molecule has 2 saturated heterocycles. The molecule has 9 N–H and O–H groups in total. The first-order chi connectivity index (χ1) is 46.2. The van der Waals surface area contributed by atoms with Gasteiger partial charge in [-0.25, -0.2) is 63.1 Å². The fourth-order valence-corrected chi connectivity index (χ4v) is 7.46. The van der Waals surface area contributed by atoms with E-state index < -0.39 is 68.6 Å². The van der Waals surface area contributed by atoms with Crippen LogP contribution in [0, 0.1) is 0 Å². The Bertz CT molecular complexity index is 3930. The van der Waals surface area contributed by atoms with E-state index in [2.05, 4.69) is 80.8 Å². The first-order valence-electron chi connectivity index (χ1n) is 27.4. The minimum absolute atomic E-state index is 0. The molecule has 0 unspecified atom stereocenters. The highest BCUT2D eigenvalue weighted by atomic mass is 36.0. The van der Waals surface area contributed by atoms with Crippen molar-refractivity contribution in [2.24, 2.45) is 0 Å². The number of aromatic hydroxyl groups is 1. The van der Waals surface area contributed by atoms with Gasteiger partial charge in [0, 0.05) is 135 Å². The maximum absolute atomic E-state index is 12.1. The highest BCUT2D eigenvalue weighted by Gasteiger charge is 2.25. The van der Waals surface area contributed by atoms with Crippen LogP contribution in [0.4, 0.5) is 46.8 Å². The van der Waals surface area contributed by atoms with Gasteiger partial charge in [0.2, 0.25) is 21.3 Å². The number of anilines is 5. The summed E-state index contributed by atoms with van der Waals surface area (Å²) in [6, 6.07) is 24.5. The number of ether oxygens (including phenoxy) is 5. The summed E-state index contributed by atoms with van der Waals surface area (Å²) in [6.45, 7) is 11.6. The van der Waals surface area contributed by atoms with E-state index in [9.17, 15) is 47.0 Å². The zero-order valence-corrected chi connectivity index (χ0v) is 58.6. The predicted octanol–water partition coefficient (Wildman–Crippen LogP) is 9.42. The van der Waals surface area contributed by atoms with Crippen LogP contribution in [-0.2, 0) is 37.7 Å². The Morgan fingerprint density at radius 3 is 1.51 bits per heavy atom. The number of esters is 2. The van der Waals surface area contributed by atoms with Crippen LogP contribution in [-0.4, -0.2) is 169 Å². The average molecular weight is 1610 g/mol. The maximum Gasteiger partial charge on any atom is 0.446 e. The first-order valence-corrected chi connectivity index (χ1v) is 31.7. The standard InChI is InChI=1S/C14H15N3O5.C10H13ClN2O2.C9H13N3O.C7H6ClNO2.C6H4ClNO2.C6H5NO2.C5H5ClN2.C2HF3O.4CH4.Cl2OS.ClH/c1-21-14(20)11-12(18)13(19)17-3-2-9(8-10(17)15-11)16-4-6-22-7-5-16;1-10(2,3)15-9(14)13-8-6-7(11)4-5-12-8;10-9-7-8(1-2-11-9)12-3-5-13-6-4-12;1-11-7(10)6-4-5(8)2-3-9-6;7-4-1-2-8-5(3-4)6(9)10;8-6(9)5-3-1-2-4-7-5;6-4-1-2-8-5(7)3-4;3-2(4,5)1-6;;;;;1-4(2)3;/h2-3,8,18H,4-7H2,1H3;4-6H,1-3H3,(H,12,13,14);1-2,7H,3-6H2,(H2,10,11);2-4H,1H3;1-3H,(H,9,10);1-4H,(H,8,9);1-3H,(H2,7,8);1H;4*1H4;;1H. The first kappa shape index (κ1) is 100. The number of hydrogen-bond donors (Lipinski definition) is 6. The fraction of sp³-hybridized carbons (Fsp3) is 0.302. The van der Waals surface area contributed by atoms with Crippen molar-refractivity contribution in [3.05, 3.63) is 188 Å². The van der Waals surface area contributed by atoms with Gasteiger partial charge in [-0.3, -0.25) is 19.3 Å². The van der Waals surface area contributed by atoms with E-state index in [1.165, 1.54) is 60.7 Å². The van der Waals surface area contributed by atoms with Crippen molar-refractivity contribution in [2.45, 2.75) is 62.3 Å². The van der Waals surface area contributed by atoms with Crippen molar-refractivity contribution < 1.29 is 103 Å². The molecule has 8 aromatic rings. The lowest BCUT2D eigenvalue weighted by Gasteiger charge is -2.28. The van der Waals surface area contributed by atoms with Crippen molar-refractivity contribution in [2.75, 3.05) is 93.4 Å². The number of hydrogen-bond acceptors (Lipinski definition) is 24. The lowest BCUT2D eigenvalue weighted by Crippen LogP contribution is -3.00. The van der Waals surface area contributed by atoms with Crippen molar-refractivity contribution >= 4 is 148 Å². The normalized spacial score (nSPS) is 11.4. The number of carbonyl (C=O) groups is 6. The highest BCUT2D eigenvalue weighted by Crippen LogP contribution is 2.21. The molecule has 29 nitrogen and oxygen atoms in total. The second-order valence-corrected chi connectivity index (χ2v) is 23.5. The highest BCUT2D eigenvalue weighted by molar-refractivity contribution is 8.26.